The van der Waals surface area contributed by atoms with Crippen LogP contribution in [0.4, 0.5) is 0 Å². The molecule has 3 nitrogen and oxygen atoms in total. The molecule has 13 heavy (non-hydrogen) atoms. The summed E-state index contributed by atoms with van der Waals surface area (Å²) in [5.41, 5.74) is 0. The lowest BCUT2D eigenvalue weighted by molar-refractivity contribution is 0.242. The molecule has 0 aromatic carbocycles. The van der Waals surface area contributed by atoms with Crippen LogP contribution in [0.25, 0.3) is 0 Å². The monoisotopic (exact) mass is 184 g/mol. The summed E-state index contributed by atoms with van der Waals surface area (Å²) in [6.45, 7) is 6.89. The summed E-state index contributed by atoms with van der Waals surface area (Å²) in [6, 6.07) is 0. The molecule has 0 saturated heterocycles. The molecule has 0 spiro atoms. The van der Waals surface area contributed by atoms with Gasteiger partial charge in [-0.25, -0.2) is 0 Å². The zero-order chi connectivity index (χ0) is 9.68. The highest BCUT2D eigenvalue weighted by molar-refractivity contribution is 5.87. The standard InChI is InChI=1S/C10H20N2O/c1-3-4-5-7-12-8-6-11-10(12)9(2)13/h9,13H,3-8H2,1-2H3. The number of nitrogens with zero attached hydrogens (tertiary/aromatic N) is 2. The van der Waals surface area contributed by atoms with E-state index in [0.29, 0.717) is 0 Å². The highest BCUT2D eigenvalue weighted by atomic mass is 16.3. The van der Waals surface area contributed by atoms with Crippen LogP contribution >= 0.6 is 0 Å². The van der Waals surface area contributed by atoms with E-state index in [9.17, 15) is 5.11 Å². The second-order valence-electron chi connectivity index (χ2n) is 3.61. The van der Waals surface area contributed by atoms with Crippen molar-refractivity contribution in [3.63, 3.8) is 0 Å². The van der Waals surface area contributed by atoms with E-state index in [-0.39, 0.29) is 0 Å². The maximum Gasteiger partial charge on any atom is 0.128 e. The molecule has 76 valence electrons. The van der Waals surface area contributed by atoms with E-state index in [1.54, 1.807) is 6.92 Å². The largest absolute Gasteiger partial charge is 0.385 e. The molecule has 0 saturated carbocycles. The summed E-state index contributed by atoms with van der Waals surface area (Å²) in [5.74, 6) is 0.885. The van der Waals surface area contributed by atoms with Crippen molar-refractivity contribution in [1.82, 2.24) is 4.90 Å². The van der Waals surface area contributed by atoms with E-state index in [0.717, 1.165) is 25.5 Å². The Hall–Kier alpha value is -0.570. The number of amidine groups is 1. The first-order valence-corrected chi connectivity index (χ1v) is 5.23. The van der Waals surface area contributed by atoms with Crippen LogP contribution in [0.5, 0.6) is 0 Å². The van der Waals surface area contributed by atoms with E-state index in [2.05, 4.69) is 16.8 Å². The van der Waals surface area contributed by atoms with Crippen LogP contribution in [-0.4, -0.2) is 41.6 Å². The van der Waals surface area contributed by atoms with Crippen molar-refractivity contribution in [2.45, 2.75) is 39.2 Å². The molecule has 1 heterocycles. The minimum atomic E-state index is -0.399. The molecule has 1 aliphatic heterocycles. The number of hydrogen-bond acceptors (Lipinski definition) is 3. The van der Waals surface area contributed by atoms with Crippen molar-refractivity contribution in [3.8, 4) is 0 Å². The van der Waals surface area contributed by atoms with Crippen molar-refractivity contribution in [2.24, 2.45) is 4.99 Å². The van der Waals surface area contributed by atoms with E-state index in [1.165, 1.54) is 19.3 Å². The predicted molar refractivity (Wildman–Crippen MR) is 55.1 cm³/mol. The number of aliphatic imine (C=N–C) groups is 1. The summed E-state index contributed by atoms with van der Waals surface area (Å²) >= 11 is 0. The Morgan fingerprint density at radius 2 is 2.31 bits per heavy atom. The molecule has 0 fully saturated rings. The molecule has 1 unspecified atom stereocenters. The van der Waals surface area contributed by atoms with Crippen molar-refractivity contribution in [2.75, 3.05) is 19.6 Å². The number of rotatable bonds is 5. The van der Waals surface area contributed by atoms with E-state index < -0.39 is 6.10 Å². The van der Waals surface area contributed by atoms with Gasteiger partial charge in [-0.05, 0) is 13.3 Å². The van der Waals surface area contributed by atoms with Gasteiger partial charge in [0.15, 0.2) is 0 Å². The van der Waals surface area contributed by atoms with E-state index >= 15 is 0 Å². The van der Waals surface area contributed by atoms with Gasteiger partial charge in [0.1, 0.15) is 11.9 Å². The van der Waals surface area contributed by atoms with Gasteiger partial charge in [0.05, 0.1) is 6.54 Å². The van der Waals surface area contributed by atoms with Crippen molar-refractivity contribution in [1.29, 1.82) is 0 Å². The Morgan fingerprint density at radius 1 is 1.54 bits per heavy atom. The van der Waals surface area contributed by atoms with Gasteiger partial charge in [-0.2, -0.15) is 0 Å². The molecular weight excluding hydrogens is 164 g/mol. The number of hydrogen-bond donors (Lipinski definition) is 1. The molecule has 3 heteroatoms. The van der Waals surface area contributed by atoms with Crippen molar-refractivity contribution in [3.05, 3.63) is 0 Å². The average Bonchev–Trinajstić information content (AvgIpc) is 2.53. The number of aliphatic hydroxyl groups is 1. The zero-order valence-electron chi connectivity index (χ0n) is 8.66. The molecule has 0 aromatic heterocycles. The van der Waals surface area contributed by atoms with Crippen LogP contribution in [0.15, 0.2) is 4.99 Å². The minimum Gasteiger partial charge on any atom is -0.385 e. The van der Waals surface area contributed by atoms with Gasteiger partial charge in [-0.15, -0.1) is 0 Å². The van der Waals surface area contributed by atoms with Gasteiger partial charge in [0.25, 0.3) is 0 Å². The topological polar surface area (TPSA) is 35.8 Å². The van der Waals surface area contributed by atoms with Gasteiger partial charge in [-0.1, -0.05) is 19.8 Å². The third-order valence-corrected chi connectivity index (χ3v) is 2.37. The van der Waals surface area contributed by atoms with Gasteiger partial charge in [0, 0.05) is 13.1 Å². The Balaban J connectivity index is 2.30. The fourth-order valence-electron chi connectivity index (χ4n) is 1.68. The summed E-state index contributed by atoms with van der Waals surface area (Å²) in [4.78, 5) is 6.50. The molecule has 0 radical (unpaired) electrons. The Bertz CT molecular complexity index is 178. The molecule has 1 aliphatic rings. The molecular formula is C10H20N2O. The van der Waals surface area contributed by atoms with E-state index in [1.807, 2.05) is 0 Å². The smallest absolute Gasteiger partial charge is 0.128 e. The summed E-state index contributed by atoms with van der Waals surface area (Å²) in [6.07, 6.45) is 3.32. The number of unbranched alkanes of at least 4 members (excludes halogenated alkanes) is 2. The SMILES string of the molecule is CCCCCN1CCN=C1C(C)O. The van der Waals surface area contributed by atoms with Crippen LogP contribution in [0.1, 0.15) is 33.1 Å². The second kappa shape index (κ2) is 5.22. The maximum absolute atomic E-state index is 9.41. The van der Waals surface area contributed by atoms with Crippen molar-refractivity contribution >= 4 is 5.84 Å². The quantitative estimate of drug-likeness (QED) is 0.653. The van der Waals surface area contributed by atoms with Gasteiger partial charge < -0.3 is 10.0 Å². The van der Waals surface area contributed by atoms with Crippen molar-refractivity contribution < 1.29 is 5.11 Å². The Labute approximate surface area is 80.5 Å². The lowest BCUT2D eigenvalue weighted by atomic mass is 10.2. The third-order valence-electron chi connectivity index (χ3n) is 2.37. The van der Waals surface area contributed by atoms with Gasteiger partial charge in [0.2, 0.25) is 0 Å². The average molecular weight is 184 g/mol. The fraction of sp³-hybridized carbons (Fsp3) is 0.900. The van der Waals surface area contributed by atoms with E-state index in [4.69, 9.17) is 0 Å². The molecule has 0 aromatic rings. The van der Waals surface area contributed by atoms with Crippen LogP contribution < -0.4 is 0 Å². The molecule has 0 aliphatic carbocycles. The van der Waals surface area contributed by atoms with Gasteiger partial charge in [-0.3, -0.25) is 4.99 Å². The number of aliphatic hydroxyl groups excluding tert-OH is 1. The Morgan fingerprint density at radius 3 is 2.92 bits per heavy atom. The summed E-state index contributed by atoms with van der Waals surface area (Å²) in [5, 5.41) is 9.41. The first-order valence-electron chi connectivity index (χ1n) is 5.23. The van der Waals surface area contributed by atoms with Crippen LogP contribution in [0.2, 0.25) is 0 Å². The molecule has 1 atom stereocenters. The highest BCUT2D eigenvalue weighted by Gasteiger charge is 2.19. The predicted octanol–water partition coefficient (Wildman–Crippen LogP) is 1.27. The first kappa shape index (κ1) is 10.5. The fourth-order valence-corrected chi connectivity index (χ4v) is 1.68. The summed E-state index contributed by atoms with van der Waals surface area (Å²) in [7, 11) is 0. The molecule has 1 rings (SSSR count). The highest BCUT2D eigenvalue weighted by Crippen LogP contribution is 2.07. The first-order chi connectivity index (χ1) is 6.25. The normalized spacial score (nSPS) is 19.0. The van der Waals surface area contributed by atoms with Crippen LogP contribution in [-0.2, 0) is 0 Å². The Kier molecular flexibility index (Phi) is 4.22. The zero-order valence-corrected chi connectivity index (χ0v) is 8.66. The summed E-state index contributed by atoms with van der Waals surface area (Å²) < 4.78 is 0. The molecule has 1 N–H and O–H groups in total. The second-order valence-corrected chi connectivity index (χ2v) is 3.61. The molecule has 0 bridgehead atoms. The maximum atomic E-state index is 9.41. The third kappa shape index (κ3) is 2.99. The van der Waals surface area contributed by atoms with Gasteiger partial charge >= 0.3 is 0 Å². The minimum absolute atomic E-state index is 0.399. The van der Waals surface area contributed by atoms with Crippen LogP contribution in [0, 0.1) is 0 Å². The molecule has 0 amide bonds. The lowest BCUT2D eigenvalue weighted by Crippen LogP contribution is -2.35. The lowest BCUT2D eigenvalue weighted by Gasteiger charge is -2.21. The van der Waals surface area contributed by atoms with Crippen LogP contribution in [0.3, 0.4) is 0 Å².